The summed E-state index contributed by atoms with van der Waals surface area (Å²) in [6, 6.07) is 13.1. The maximum Gasteiger partial charge on any atom is 0.264 e. The molecule has 3 aromatic rings. The second-order valence-corrected chi connectivity index (χ2v) is 10.4. The van der Waals surface area contributed by atoms with Gasteiger partial charge in [0.05, 0.1) is 24.8 Å². The van der Waals surface area contributed by atoms with E-state index in [1.54, 1.807) is 19.1 Å². The van der Waals surface area contributed by atoms with Crippen molar-refractivity contribution in [3.05, 3.63) is 52.7 Å². The zero-order chi connectivity index (χ0) is 28.5. The summed E-state index contributed by atoms with van der Waals surface area (Å²) >= 11 is 1.41. The number of amides is 2. The van der Waals surface area contributed by atoms with Crippen LogP contribution in [0.25, 0.3) is 11.3 Å². The third kappa shape index (κ3) is 7.08. The lowest BCUT2D eigenvalue weighted by Gasteiger charge is -2.36. The van der Waals surface area contributed by atoms with Gasteiger partial charge >= 0.3 is 0 Å². The Labute approximate surface area is 240 Å². The zero-order valence-electron chi connectivity index (χ0n) is 23.7. The number of thiophene rings is 1. The Balaban J connectivity index is 1.36. The SMILES string of the molecule is CCN(CC)CCN(CC(=O)N1CCN(c2ccc(-c3ccc(OC)cc3OC)nn2)CC1)C(=O)c1cccs1. The molecule has 1 aliphatic heterocycles. The number of nitrogens with zero attached hydrogens (tertiary/aromatic N) is 6. The molecule has 1 saturated heterocycles. The molecule has 11 heteroatoms. The molecule has 3 heterocycles. The number of piperazine rings is 1. The third-order valence-electron chi connectivity index (χ3n) is 7.22. The fourth-order valence-corrected chi connectivity index (χ4v) is 5.40. The van der Waals surface area contributed by atoms with E-state index in [1.807, 2.05) is 52.7 Å². The molecule has 0 spiro atoms. The smallest absolute Gasteiger partial charge is 0.264 e. The van der Waals surface area contributed by atoms with E-state index >= 15 is 0 Å². The van der Waals surface area contributed by atoms with Crippen LogP contribution < -0.4 is 14.4 Å². The van der Waals surface area contributed by atoms with Gasteiger partial charge in [-0.25, -0.2) is 0 Å². The number of hydrogen-bond acceptors (Lipinski definition) is 9. The van der Waals surface area contributed by atoms with Crippen LogP contribution in [0.1, 0.15) is 23.5 Å². The molecule has 1 aliphatic rings. The number of hydrogen-bond donors (Lipinski definition) is 0. The lowest BCUT2D eigenvalue weighted by Crippen LogP contribution is -2.52. The first kappa shape index (κ1) is 29.3. The van der Waals surface area contributed by atoms with E-state index in [0.717, 1.165) is 31.0 Å². The maximum atomic E-state index is 13.3. The van der Waals surface area contributed by atoms with Crippen molar-refractivity contribution in [1.82, 2.24) is 24.9 Å². The van der Waals surface area contributed by atoms with Gasteiger partial charge in [0.1, 0.15) is 18.0 Å². The Hall–Kier alpha value is -3.70. The molecule has 0 aliphatic carbocycles. The molecule has 0 unspecified atom stereocenters. The topological polar surface area (TPSA) is 91.3 Å². The van der Waals surface area contributed by atoms with Gasteiger partial charge in [-0.2, -0.15) is 0 Å². The Morgan fingerprint density at radius 1 is 0.950 bits per heavy atom. The van der Waals surface area contributed by atoms with E-state index in [9.17, 15) is 9.59 Å². The van der Waals surface area contributed by atoms with Crippen molar-refractivity contribution in [2.75, 3.05) is 78.0 Å². The number of likely N-dealkylation sites (N-methyl/N-ethyl adjacent to an activating group) is 1. The average Bonchev–Trinajstić information content (AvgIpc) is 3.55. The molecular formula is C29H38N6O4S. The van der Waals surface area contributed by atoms with Crippen molar-refractivity contribution in [1.29, 1.82) is 0 Å². The Morgan fingerprint density at radius 3 is 2.33 bits per heavy atom. The van der Waals surface area contributed by atoms with E-state index in [2.05, 4.69) is 33.8 Å². The van der Waals surface area contributed by atoms with Crippen LogP contribution in [0, 0.1) is 0 Å². The molecule has 1 fully saturated rings. The molecule has 2 aromatic heterocycles. The van der Waals surface area contributed by atoms with Crippen LogP contribution >= 0.6 is 11.3 Å². The van der Waals surface area contributed by atoms with E-state index in [0.29, 0.717) is 54.8 Å². The highest BCUT2D eigenvalue weighted by Gasteiger charge is 2.26. The molecule has 1 aromatic carbocycles. The maximum absolute atomic E-state index is 13.3. The molecule has 0 saturated carbocycles. The number of rotatable bonds is 12. The van der Waals surface area contributed by atoms with Gasteiger partial charge < -0.3 is 29.1 Å². The fraction of sp³-hybridized carbons (Fsp3) is 0.448. The van der Waals surface area contributed by atoms with Crippen LogP contribution in [-0.2, 0) is 4.79 Å². The zero-order valence-corrected chi connectivity index (χ0v) is 24.5. The van der Waals surface area contributed by atoms with Gasteiger partial charge in [-0.1, -0.05) is 19.9 Å². The molecule has 214 valence electrons. The van der Waals surface area contributed by atoms with Gasteiger partial charge in [0, 0.05) is 50.9 Å². The number of carbonyl (C=O) groups excluding carboxylic acids is 2. The highest BCUT2D eigenvalue weighted by atomic mass is 32.1. The summed E-state index contributed by atoms with van der Waals surface area (Å²) in [5.74, 6) is 2.02. The predicted octanol–water partition coefficient (Wildman–Crippen LogP) is 3.36. The third-order valence-corrected chi connectivity index (χ3v) is 8.08. The molecular weight excluding hydrogens is 528 g/mol. The average molecular weight is 567 g/mol. The number of anilines is 1. The standard InChI is InChI=1S/C29H38N6O4S/c1-5-32(6-2)13-14-35(29(37)26-8-7-19-40-26)21-28(36)34-17-15-33(16-18-34)27-12-11-24(30-31-27)23-10-9-22(38-3)20-25(23)39-4/h7-12,19-20H,5-6,13-18,21H2,1-4H3. The molecule has 0 radical (unpaired) electrons. The monoisotopic (exact) mass is 566 g/mol. The Morgan fingerprint density at radius 2 is 1.73 bits per heavy atom. The van der Waals surface area contributed by atoms with Crippen molar-refractivity contribution < 1.29 is 19.1 Å². The van der Waals surface area contributed by atoms with Crippen molar-refractivity contribution in [2.24, 2.45) is 0 Å². The van der Waals surface area contributed by atoms with E-state index in [4.69, 9.17) is 9.47 Å². The van der Waals surface area contributed by atoms with Crippen LogP contribution in [-0.4, -0.2) is 110 Å². The lowest BCUT2D eigenvalue weighted by atomic mass is 10.1. The van der Waals surface area contributed by atoms with Crippen LogP contribution in [0.2, 0.25) is 0 Å². The molecule has 40 heavy (non-hydrogen) atoms. The summed E-state index contributed by atoms with van der Waals surface area (Å²) in [5, 5.41) is 10.8. The van der Waals surface area contributed by atoms with Gasteiger partial charge in [-0.05, 0) is 48.8 Å². The van der Waals surface area contributed by atoms with Crippen molar-refractivity contribution in [3.63, 3.8) is 0 Å². The largest absolute Gasteiger partial charge is 0.497 e. The summed E-state index contributed by atoms with van der Waals surface area (Å²) < 4.78 is 10.8. The van der Waals surface area contributed by atoms with Crippen LogP contribution in [0.15, 0.2) is 47.8 Å². The molecule has 4 rings (SSSR count). The summed E-state index contributed by atoms with van der Waals surface area (Å²) in [6.45, 7) is 9.77. The summed E-state index contributed by atoms with van der Waals surface area (Å²) in [4.78, 5) is 35.0. The molecule has 0 bridgehead atoms. The van der Waals surface area contributed by atoms with Gasteiger partial charge in [0.15, 0.2) is 5.82 Å². The van der Waals surface area contributed by atoms with Crippen molar-refractivity contribution in [3.8, 4) is 22.8 Å². The predicted molar refractivity (Wildman–Crippen MR) is 157 cm³/mol. The summed E-state index contributed by atoms with van der Waals surface area (Å²) in [5.41, 5.74) is 1.54. The van der Waals surface area contributed by atoms with E-state index in [1.165, 1.54) is 11.3 Å². The minimum Gasteiger partial charge on any atom is -0.497 e. The van der Waals surface area contributed by atoms with Crippen molar-refractivity contribution >= 4 is 29.0 Å². The van der Waals surface area contributed by atoms with Crippen LogP contribution in [0.4, 0.5) is 5.82 Å². The number of aromatic nitrogens is 2. The van der Waals surface area contributed by atoms with Crippen LogP contribution in [0.5, 0.6) is 11.5 Å². The van der Waals surface area contributed by atoms with E-state index < -0.39 is 0 Å². The minimum atomic E-state index is -0.0852. The fourth-order valence-electron chi connectivity index (χ4n) is 4.71. The van der Waals surface area contributed by atoms with Gasteiger partial charge in [-0.3, -0.25) is 9.59 Å². The minimum absolute atomic E-state index is 0.0304. The highest BCUT2D eigenvalue weighted by molar-refractivity contribution is 7.12. The van der Waals surface area contributed by atoms with Gasteiger partial charge in [0.2, 0.25) is 5.91 Å². The number of benzene rings is 1. The van der Waals surface area contributed by atoms with Gasteiger partial charge in [0.25, 0.3) is 5.91 Å². The first-order valence-electron chi connectivity index (χ1n) is 13.6. The Kier molecular flexibility index (Phi) is 10.3. The van der Waals surface area contributed by atoms with Gasteiger partial charge in [-0.15, -0.1) is 21.5 Å². The Bertz CT molecular complexity index is 1240. The number of carbonyl (C=O) groups is 2. The number of methoxy groups -OCH3 is 2. The molecule has 0 atom stereocenters. The first-order valence-corrected chi connectivity index (χ1v) is 14.5. The van der Waals surface area contributed by atoms with Crippen LogP contribution in [0.3, 0.4) is 0 Å². The highest BCUT2D eigenvalue weighted by Crippen LogP contribution is 2.32. The second kappa shape index (κ2) is 14.1. The van der Waals surface area contributed by atoms with E-state index in [-0.39, 0.29) is 18.4 Å². The van der Waals surface area contributed by atoms with Crippen molar-refractivity contribution in [2.45, 2.75) is 13.8 Å². The molecule has 10 nitrogen and oxygen atoms in total. The second-order valence-electron chi connectivity index (χ2n) is 9.44. The quantitative estimate of drug-likeness (QED) is 0.330. The number of ether oxygens (including phenoxy) is 2. The molecule has 0 N–H and O–H groups in total. The summed E-state index contributed by atoms with van der Waals surface area (Å²) in [7, 11) is 3.23. The molecule has 2 amide bonds. The lowest BCUT2D eigenvalue weighted by molar-refractivity contribution is -0.132. The first-order chi connectivity index (χ1) is 19.5. The summed E-state index contributed by atoms with van der Waals surface area (Å²) in [6.07, 6.45) is 0. The normalized spacial score (nSPS) is 13.4.